The normalized spacial score (nSPS) is 24.1. The number of hydrogen-bond acceptors (Lipinski definition) is 8. The van der Waals surface area contributed by atoms with E-state index in [1.165, 1.54) is 31.3 Å². The monoisotopic (exact) mass is 922 g/mol. The van der Waals surface area contributed by atoms with Crippen molar-refractivity contribution in [3.63, 3.8) is 0 Å². The number of phenolic OH excluding ortho intramolecular Hbond substituents is 4. The molecule has 4 atom stereocenters. The molecule has 4 aliphatic rings. The molecular formula is C51H71BrO6S2. The Morgan fingerprint density at radius 2 is 1.20 bits per heavy atom. The first-order chi connectivity index (χ1) is 29.0. The molecule has 2 fully saturated rings. The van der Waals surface area contributed by atoms with E-state index in [9.17, 15) is 30.6 Å². The number of aliphatic hydroxyl groups excluding tert-OH is 2. The quantitative estimate of drug-likeness (QED) is 0.0441. The van der Waals surface area contributed by atoms with Gasteiger partial charge in [-0.25, -0.2) is 0 Å². The molecule has 2 aromatic rings. The van der Waals surface area contributed by atoms with Crippen LogP contribution in [0.15, 0.2) is 71.4 Å². The van der Waals surface area contributed by atoms with Gasteiger partial charge in [0.05, 0.1) is 17.3 Å². The SMILES string of the molecule is C=C(C)C1CCC(CO)=CC1c1c(O)cc(C2(CCCCCCC=C(C)C3CCC(CO)=CC3c3c(O)cc(C4(CCCCCBr)CCCC4)cc3O)SCCS2)cc1O. The van der Waals surface area contributed by atoms with E-state index < -0.39 is 0 Å². The van der Waals surface area contributed by atoms with Crippen LogP contribution in [0.25, 0.3) is 0 Å². The van der Waals surface area contributed by atoms with Crippen molar-refractivity contribution in [1.29, 1.82) is 0 Å². The molecule has 0 radical (unpaired) electrons. The van der Waals surface area contributed by atoms with Crippen LogP contribution in [0.4, 0.5) is 0 Å². The molecule has 1 aliphatic heterocycles. The van der Waals surface area contributed by atoms with Crippen molar-refractivity contribution >= 4 is 39.5 Å². The van der Waals surface area contributed by atoms with E-state index in [-0.39, 0.29) is 69.4 Å². The Kier molecular flexibility index (Phi) is 17.2. The summed E-state index contributed by atoms with van der Waals surface area (Å²) < 4.78 is -0.201. The Bertz CT molecular complexity index is 1830. The average molecular weight is 924 g/mol. The van der Waals surface area contributed by atoms with E-state index in [0.29, 0.717) is 11.1 Å². The van der Waals surface area contributed by atoms with Gasteiger partial charge < -0.3 is 30.6 Å². The minimum absolute atomic E-state index is 0.00480. The van der Waals surface area contributed by atoms with Crippen LogP contribution in [-0.4, -0.2) is 60.7 Å². The number of unbranched alkanes of at least 4 members (excludes halogenated alkanes) is 6. The Balaban J connectivity index is 1.07. The molecule has 3 aliphatic carbocycles. The molecule has 2 aromatic carbocycles. The van der Waals surface area contributed by atoms with Crippen molar-refractivity contribution in [3.8, 4) is 23.0 Å². The van der Waals surface area contributed by atoms with E-state index in [1.54, 1.807) is 0 Å². The fraction of sp³-hybridized carbons (Fsp3) is 0.608. The fourth-order valence-electron chi connectivity index (χ4n) is 11.0. The lowest BCUT2D eigenvalue weighted by Gasteiger charge is -2.34. The summed E-state index contributed by atoms with van der Waals surface area (Å²) in [6.07, 6.45) is 25.3. The first-order valence-corrected chi connectivity index (χ1v) is 25.9. The topological polar surface area (TPSA) is 121 Å². The van der Waals surface area contributed by atoms with Gasteiger partial charge in [-0.1, -0.05) is 96.8 Å². The zero-order valence-electron chi connectivity index (χ0n) is 36.2. The number of hydrogen-bond donors (Lipinski definition) is 6. The molecule has 1 saturated heterocycles. The number of rotatable bonds is 20. The maximum Gasteiger partial charge on any atom is 0.123 e. The molecule has 6 N–H and O–H groups in total. The van der Waals surface area contributed by atoms with Gasteiger partial charge in [-0.05, 0) is 148 Å². The Hall–Kier alpha value is -2.30. The van der Waals surface area contributed by atoms with Gasteiger partial charge in [0.25, 0.3) is 0 Å². The van der Waals surface area contributed by atoms with Gasteiger partial charge in [-0.2, -0.15) is 0 Å². The van der Waals surface area contributed by atoms with Crippen LogP contribution >= 0.6 is 39.5 Å². The predicted octanol–water partition coefficient (Wildman–Crippen LogP) is 13.3. The van der Waals surface area contributed by atoms with Crippen molar-refractivity contribution in [2.45, 2.75) is 151 Å². The van der Waals surface area contributed by atoms with Gasteiger partial charge in [0.2, 0.25) is 0 Å². The molecule has 1 saturated carbocycles. The lowest BCUT2D eigenvalue weighted by atomic mass is 9.71. The minimum atomic E-state index is -0.216. The number of thioether (sulfide) groups is 2. The number of phenols is 4. The van der Waals surface area contributed by atoms with E-state index in [0.717, 1.165) is 135 Å². The molecule has 0 aromatic heterocycles. The zero-order chi connectivity index (χ0) is 42.9. The molecule has 0 spiro atoms. The van der Waals surface area contributed by atoms with Gasteiger partial charge in [0, 0.05) is 39.8 Å². The first kappa shape index (κ1) is 47.2. The number of alkyl halides is 1. The average Bonchev–Trinajstić information content (AvgIpc) is 3.93. The maximum atomic E-state index is 11.7. The summed E-state index contributed by atoms with van der Waals surface area (Å²) in [6.45, 7) is 8.39. The van der Waals surface area contributed by atoms with Crippen molar-refractivity contribution in [3.05, 3.63) is 93.6 Å². The predicted molar refractivity (Wildman–Crippen MR) is 256 cm³/mol. The van der Waals surface area contributed by atoms with Crippen molar-refractivity contribution in [2.75, 3.05) is 30.0 Å². The highest BCUT2D eigenvalue weighted by Gasteiger charge is 2.40. The second kappa shape index (κ2) is 21.9. The zero-order valence-corrected chi connectivity index (χ0v) is 39.4. The standard InChI is InChI=1S/C51H71BrO6S2/c1-34(2)40-17-15-36(32-53)26-42(40)48-46(57)30-39(31-47(48)58)51(59-24-25-60-51)22-10-6-4-5-8-14-35(3)41-18-16-37(33-54)27-43(41)49-44(55)28-38(29-45(49)56)50(20-11-12-21-50)19-9-7-13-23-52/h14,26-31,40-43,53-58H,1,4-13,15-25,32-33H2,2-3H3. The number of benzene rings is 2. The molecular weight excluding hydrogens is 853 g/mol. The van der Waals surface area contributed by atoms with Crippen molar-refractivity contribution < 1.29 is 30.6 Å². The van der Waals surface area contributed by atoms with E-state index in [4.69, 9.17) is 0 Å². The van der Waals surface area contributed by atoms with Gasteiger partial charge in [0.1, 0.15) is 23.0 Å². The molecule has 1 heterocycles. The third kappa shape index (κ3) is 10.9. The van der Waals surface area contributed by atoms with Crippen LogP contribution in [0.5, 0.6) is 23.0 Å². The van der Waals surface area contributed by atoms with E-state index in [1.807, 2.05) is 60.8 Å². The third-order valence-electron chi connectivity index (χ3n) is 14.4. The second-order valence-electron chi connectivity index (χ2n) is 18.3. The molecule has 0 bridgehead atoms. The van der Waals surface area contributed by atoms with Crippen molar-refractivity contribution in [2.24, 2.45) is 11.8 Å². The maximum absolute atomic E-state index is 11.7. The van der Waals surface area contributed by atoms with Crippen LogP contribution in [0.3, 0.4) is 0 Å². The summed E-state index contributed by atoms with van der Waals surface area (Å²) in [4.78, 5) is 0. The molecule has 60 heavy (non-hydrogen) atoms. The Morgan fingerprint density at radius 1 is 0.700 bits per heavy atom. The van der Waals surface area contributed by atoms with E-state index in [2.05, 4.69) is 41.6 Å². The summed E-state index contributed by atoms with van der Waals surface area (Å²) in [5.74, 6) is 2.52. The van der Waals surface area contributed by atoms with Crippen LogP contribution in [0.2, 0.25) is 0 Å². The van der Waals surface area contributed by atoms with Crippen LogP contribution in [0, 0.1) is 11.8 Å². The highest BCUT2D eigenvalue weighted by molar-refractivity contribution is 9.09. The van der Waals surface area contributed by atoms with Crippen LogP contribution < -0.4 is 0 Å². The summed E-state index contributed by atoms with van der Waals surface area (Å²) in [7, 11) is 0. The summed E-state index contributed by atoms with van der Waals surface area (Å²) in [6, 6.07) is 7.68. The molecule has 9 heteroatoms. The summed E-state index contributed by atoms with van der Waals surface area (Å²) in [5.41, 5.74) is 7.43. The number of halogens is 1. The Labute approximate surface area is 377 Å². The van der Waals surface area contributed by atoms with Gasteiger partial charge >= 0.3 is 0 Å². The smallest absolute Gasteiger partial charge is 0.123 e. The summed E-state index contributed by atoms with van der Waals surface area (Å²) in [5, 5.41) is 67.2. The molecule has 0 amide bonds. The lowest BCUT2D eigenvalue weighted by Crippen LogP contribution is -2.23. The number of aliphatic hydroxyl groups is 2. The molecule has 6 rings (SSSR count). The lowest BCUT2D eigenvalue weighted by molar-refractivity contribution is 0.314. The van der Waals surface area contributed by atoms with Crippen LogP contribution in [0.1, 0.15) is 164 Å². The molecule has 4 unspecified atom stereocenters. The van der Waals surface area contributed by atoms with Crippen LogP contribution in [-0.2, 0) is 9.49 Å². The van der Waals surface area contributed by atoms with Gasteiger partial charge in [-0.15, -0.1) is 23.5 Å². The highest BCUT2D eigenvalue weighted by atomic mass is 79.9. The largest absolute Gasteiger partial charge is 0.507 e. The second-order valence-corrected chi connectivity index (χ2v) is 22.2. The molecule has 330 valence electrons. The molecule has 6 nitrogen and oxygen atoms in total. The number of aromatic hydroxyl groups is 4. The Morgan fingerprint density at radius 3 is 1.75 bits per heavy atom. The van der Waals surface area contributed by atoms with Crippen molar-refractivity contribution in [1.82, 2.24) is 0 Å². The first-order valence-electron chi connectivity index (χ1n) is 22.8. The third-order valence-corrected chi connectivity index (χ3v) is 18.6. The summed E-state index contributed by atoms with van der Waals surface area (Å²) >= 11 is 7.42. The fourth-order valence-corrected chi connectivity index (χ4v) is 14.7. The van der Waals surface area contributed by atoms with Gasteiger partial charge in [0.15, 0.2) is 0 Å². The van der Waals surface area contributed by atoms with Gasteiger partial charge in [-0.3, -0.25) is 0 Å². The number of allylic oxidation sites excluding steroid dienone is 5. The highest BCUT2D eigenvalue weighted by Crippen LogP contribution is 2.58. The minimum Gasteiger partial charge on any atom is -0.507 e. The van der Waals surface area contributed by atoms with E-state index >= 15 is 0 Å².